The number of fused-ring (bicyclic) bond motifs is 1. The molecule has 0 saturated carbocycles. The maximum Gasteiger partial charge on any atom is 0.224 e. The number of amides is 1. The van der Waals surface area contributed by atoms with Crippen molar-refractivity contribution in [1.29, 1.82) is 0 Å². The second-order valence-electron chi connectivity index (χ2n) is 8.98. The van der Waals surface area contributed by atoms with E-state index in [4.69, 9.17) is 0 Å². The van der Waals surface area contributed by atoms with E-state index in [0.29, 0.717) is 18.9 Å². The first-order chi connectivity index (χ1) is 12.8. The highest BCUT2D eigenvalue weighted by Gasteiger charge is 2.35. The third-order valence-corrected chi connectivity index (χ3v) is 6.34. The van der Waals surface area contributed by atoms with Gasteiger partial charge in [0, 0.05) is 49.7 Å². The van der Waals surface area contributed by atoms with Crippen LogP contribution in [0.15, 0.2) is 6.33 Å². The van der Waals surface area contributed by atoms with Crippen LogP contribution in [0.25, 0.3) is 0 Å². The summed E-state index contributed by atoms with van der Waals surface area (Å²) in [5.74, 6) is 1.46. The van der Waals surface area contributed by atoms with E-state index in [1.807, 2.05) is 4.90 Å². The van der Waals surface area contributed by atoms with E-state index in [1.54, 1.807) is 6.33 Å². The zero-order chi connectivity index (χ0) is 19.2. The van der Waals surface area contributed by atoms with Crippen molar-refractivity contribution in [2.45, 2.75) is 70.1 Å². The first-order valence-electron chi connectivity index (χ1n) is 10.2. The lowest BCUT2D eigenvalue weighted by molar-refractivity contribution is -0.132. The van der Waals surface area contributed by atoms with Crippen molar-refractivity contribution in [3.63, 3.8) is 0 Å². The van der Waals surface area contributed by atoms with Gasteiger partial charge in [0.1, 0.15) is 12.1 Å². The number of aromatic nitrogens is 2. The van der Waals surface area contributed by atoms with Gasteiger partial charge in [-0.25, -0.2) is 9.97 Å². The quantitative estimate of drug-likeness (QED) is 0.837. The second-order valence-corrected chi connectivity index (χ2v) is 8.98. The number of piperazine rings is 1. The number of rotatable bonds is 3. The molecule has 3 atom stereocenters. The summed E-state index contributed by atoms with van der Waals surface area (Å²) in [6.45, 7) is 9.54. The first kappa shape index (κ1) is 18.6. The Hall–Kier alpha value is -1.73. The Balaban J connectivity index is 1.37. The molecule has 2 N–H and O–H groups in total. The summed E-state index contributed by atoms with van der Waals surface area (Å²) in [4.78, 5) is 25.8. The molecule has 7 heteroatoms. The average Bonchev–Trinajstić information content (AvgIpc) is 3.13. The van der Waals surface area contributed by atoms with Crippen molar-refractivity contribution in [3.8, 4) is 0 Å². The fourth-order valence-corrected chi connectivity index (χ4v) is 4.85. The summed E-state index contributed by atoms with van der Waals surface area (Å²) in [5, 5.41) is 13.8. The van der Waals surface area contributed by atoms with E-state index in [0.717, 1.165) is 56.1 Å². The summed E-state index contributed by atoms with van der Waals surface area (Å²) >= 11 is 0. The Kier molecular flexibility index (Phi) is 4.84. The van der Waals surface area contributed by atoms with Gasteiger partial charge in [0.2, 0.25) is 5.91 Å². The predicted molar refractivity (Wildman–Crippen MR) is 104 cm³/mol. The number of aliphatic hydroxyl groups excluding tert-OH is 1. The number of nitrogens with zero attached hydrogens (tertiary/aromatic N) is 4. The summed E-state index contributed by atoms with van der Waals surface area (Å²) in [6.07, 6.45) is 4.58. The normalized spacial score (nSPS) is 29.9. The SMILES string of the molecule is C[C@@H]1C[C@@H](O)c2ncnc(N3CCN(C(=O)C[C@@H]4CCC(C)(C)N4)CC3)c21. The van der Waals surface area contributed by atoms with Crippen LogP contribution in [0.5, 0.6) is 0 Å². The molecule has 4 rings (SSSR count). The summed E-state index contributed by atoms with van der Waals surface area (Å²) in [7, 11) is 0. The molecule has 0 spiro atoms. The molecule has 1 aromatic heterocycles. The van der Waals surface area contributed by atoms with Gasteiger partial charge in [0.15, 0.2) is 0 Å². The van der Waals surface area contributed by atoms with E-state index in [1.165, 1.54) is 0 Å². The lowest BCUT2D eigenvalue weighted by Crippen LogP contribution is -2.50. The number of aliphatic hydroxyl groups is 1. The van der Waals surface area contributed by atoms with Crippen LogP contribution in [-0.4, -0.2) is 63.6 Å². The van der Waals surface area contributed by atoms with Crippen molar-refractivity contribution < 1.29 is 9.90 Å². The summed E-state index contributed by atoms with van der Waals surface area (Å²) < 4.78 is 0. The molecule has 0 radical (unpaired) electrons. The number of nitrogens with one attached hydrogen (secondary N) is 1. The predicted octanol–water partition coefficient (Wildman–Crippen LogP) is 1.59. The van der Waals surface area contributed by atoms with Crippen molar-refractivity contribution in [2.75, 3.05) is 31.1 Å². The number of hydrogen-bond acceptors (Lipinski definition) is 6. The molecule has 3 aliphatic rings. The molecule has 3 heterocycles. The molecule has 148 valence electrons. The molecule has 27 heavy (non-hydrogen) atoms. The first-order valence-corrected chi connectivity index (χ1v) is 10.2. The molecule has 7 nitrogen and oxygen atoms in total. The molecular weight excluding hydrogens is 342 g/mol. The molecule has 2 aliphatic heterocycles. The topological polar surface area (TPSA) is 81.6 Å². The van der Waals surface area contributed by atoms with E-state index in [2.05, 4.69) is 41.0 Å². The molecule has 1 aromatic rings. The Bertz CT molecular complexity index is 714. The Labute approximate surface area is 161 Å². The lowest BCUT2D eigenvalue weighted by atomic mass is 10.0. The number of carbonyl (C=O) groups excluding carboxylic acids is 1. The molecular formula is C20H31N5O2. The largest absolute Gasteiger partial charge is 0.387 e. The van der Waals surface area contributed by atoms with Crippen LogP contribution in [0.2, 0.25) is 0 Å². The van der Waals surface area contributed by atoms with Gasteiger partial charge < -0.3 is 20.2 Å². The van der Waals surface area contributed by atoms with Gasteiger partial charge in [0.25, 0.3) is 0 Å². The minimum atomic E-state index is -0.484. The lowest BCUT2D eigenvalue weighted by Gasteiger charge is -2.37. The second kappa shape index (κ2) is 7.02. The minimum Gasteiger partial charge on any atom is -0.387 e. The smallest absolute Gasteiger partial charge is 0.224 e. The molecule has 1 aliphatic carbocycles. The van der Waals surface area contributed by atoms with Gasteiger partial charge in [0.05, 0.1) is 11.8 Å². The van der Waals surface area contributed by atoms with Crippen LogP contribution in [-0.2, 0) is 4.79 Å². The van der Waals surface area contributed by atoms with Crippen LogP contribution in [0.1, 0.15) is 69.7 Å². The summed E-state index contributed by atoms with van der Waals surface area (Å²) in [6, 6.07) is 0.304. The van der Waals surface area contributed by atoms with E-state index >= 15 is 0 Å². The van der Waals surface area contributed by atoms with E-state index < -0.39 is 6.10 Å². The Morgan fingerprint density at radius 3 is 2.70 bits per heavy atom. The molecule has 2 saturated heterocycles. The third kappa shape index (κ3) is 3.67. The van der Waals surface area contributed by atoms with Crippen LogP contribution in [0.4, 0.5) is 5.82 Å². The van der Waals surface area contributed by atoms with Crippen molar-refractivity contribution in [1.82, 2.24) is 20.2 Å². The highest BCUT2D eigenvalue weighted by molar-refractivity contribution is 5.77. The minimum absolute atomic E-state index is 0.151. The van der Waals surface area contributed by atoms with Crippen molar-refractivity contribution in [3.05, 3.63) is 17.6 Å². The van der Waals surface area contributed by atoms with E-state index in [-0.39, 0.29) is 17.4 Å². The van der Waals surface area contributed by atoms with Crippen LogP contribution < -0.4 is 10.2 Å². The van der Waals surface area contributed by atoms with Crippen LogP contribution in [0, 0.1) is 0 Å². The van der Waals surface area contributed by atoms with Gasteiger partial charge >= 0.3 is 0 Å². The maximum atomic E-state index is 12.7. The summed E-state index contributed by atoms with van der Waals surface area (Å²) in [5.41, 5.74) is 2.02. The molecule has 0 unspecified atom stereocenters. The van der Waals surface area contributed by atoms with Crippen LogP contribution in [0.3, 0.4) is 0 Å². The highest BCUT2D eigenvalue weighted by Crippen LogP contribution is 2.42. The number of anilines is 1. The molecule has 1 amide bonds. The van der Waals surface area contributed by atoms with Gasteiger partial charge in [-0.05, 0) is 39.0 Å². The maximum absolute atomic E-state index is 12.7. The fraction of sp³-hybridized carbons (Fsp3) is 0.750. The standard InChI is InChI=1S/C20H31N5O2/c1-13-10-15(26)18-17(13)19(22-12-21-18)25-8-6-24(7-9-25)16(27)11-14-4-5-20(2,3)23-14/h12-15,23,26H,4-11H2,1-3H3/t13-,14+,15-/m1/s1. The zero-order valence-corrected chi connectivity index (χ0v) is 16.6. The number of hydrogen-bond donors (Lipinski definition) is 2. The zero-order valence-electron chi connectivity index (χ0n) is 16.6. The van der Waals surface area contributed by atoms with Gasteiger partial charge in [-0.3, -0.25) is 4.79 Å². The van der Waals surface area contributed by atoms with E-state index in [9.17, 15) is 9.90 Å². The van der Waals surface area contributed by atoms with Crippen LogP contribution >= 0.6 is 0 Å². The third-order valence-electron chi connectivity index (χ3n) is 6.34. The van der Waals surface area contributed by atoms with Gasteiger partial charge in [-0.2, -0.15) is 0 Å². The Morgan fingerprint density at radius 1 is 1.30 bits per heavy atom. The molecule has 2 fully saturated rings. The van der Waals surface area contributed by atoms with Gasteiger partial charge in [-0.15, -0.1) is 0 Å². The van der Waals surface area contributed by atoms with Crippen molar-refractivity contribution >= 4 is 11.7 Å². The van der Waals surface area contributed by atoms with Crippen molar-refractivity contribution in [2.24, 2.45) is 0 Å². The molecule has 0 bridgehead atoms. The average molecular weight is 374 g/mol. The molecule has 0 aromatic carbocycles. The number of carbonyl (C=O) groups is 1. The fourth-order valence-electron chi connectivity index (χ4n) is 4.85. The van der Waals surface area contributed by atoms with Gasteiger partial charge in [-0.1, -0.05) is 6.92 Å². The Morgan fingerprint density at radius 2 is 2.04 bits per heavy atom. The highest BCUT2D eigenvalue weighted by atomic mass is 16.3. The monoisotopic (exact) mass is 373 g/mol.